The highest BCUT2D eigenvalue weighted by Crippen LogP contribution is 2.23. The van der Waals surface area contributed by atoms with Crippen LogP contribution in [0.25, 0.3) is 0 Å². The van der Waals surface area contributed by atoms with E-state index in [1.807, 2.05) is 42.2 Å². The van der Waals surface area contributed by atoms with E-state index in [0.717, 1.165) is 30.9 Å². The molecule has 0 N–H and O–H groups in total. The Morgan fingerprint density at radius 2 is 1.51 bits per heavy atom. The molecular weight excluding hydrogens is 462 g/mol. The number of carbonyl (C=O) groups excluding carboxylic acids is 1. The SMILES string of the molecule is Cc1ccc(S(=O)(=O)N(C)c2ccc(C(=O)N3CCN(CCOc4ccccc4)CC3)cc2)cc1. The Labute approximate surface area is 207 Å². The van der Waals surface area contributed by atoms with E-state index >= 15 is 0 Å². The lowest BCUT2D eigenvalue weighted by atomic mass is 10.1. The summed E-state index contributed by atoms with van der Waals surface area (Å²) < 4.78 is 32.9. The maximum Gasteiger partial charge on any atom is 0.264 e. The van der Waals surface area contributed by atoms with Crippen LogP contribution in [0.2, 0.25) is 0 Å². The predicted octanol–water partition coefficient (Wildman–Crippen LogP) is 3.66. The minimum atomic E-state index is -3.67. The summed E-state index contributed by atoms with van der Waals surface area (Å²) in [7, 11) is -2.15. The van der Waals surface area contributed by atoms with Crippen molar-refractivity contribution < 1.29 is 17.9 Å². The third kappa shape index (κ3) is 6.01. The first kappa shape index (κ1) is 24.8. The molecule has 7 nitrogen and oxygen atoms in total. The van der Waals surface area contributed by atoms with Crippen LogP contribution in [-0.4, -0.2) is 70.5 Å². The molecule has 0 aliphatic carbocycles. The van der Waals surface area contributed by atoms with Gasteiger partial charge in [-0.3, -0.25) is 14.0 Å². The molecule has 3 aromatic carbocycles. The average Bonchev–Trinajstić information content (AvgIpc) is 2.89. The van der Waals surface area contributed by atoms with Crippen molar-refractivity contribution in [2.45, 2.75) is 11.8 Å². The molecule has 1 heterocycles. The first-order valence-electron chi connectivity index (χ1n) is 11.7. The van der Waals surface area contributed by atoms with Gasteiger partial charge in [-0.1, -0.05) is 35.9 Å². The van der Waals surface area contributed by atoms with Crippen LogP contribution in [0.1, 0.15) is 15.9 Å². The molecule has 8 heteroatoms. The standard InChI is InChI=1S/C27H31N3O4S/c1-22-8-14-26(15-9-22)35(32,33)28(2)24-12-10-23(11-13-24)27(31)30-18-16-29(17-19-30)20-21-34-25-6-4-3-5-7-25/h3-15H,16-21H2,1-2H3. The Hall–Kier alpha value is -3.36. The second kappa shape index (κ2) is 10.9. The largest absolute Gasteiger partial charge is 0.492 e. The van der Waals surface area contributed by atoms with Gasteiger partial charge in [-0.2, -0.15) is 0 Å². The van der Waals surface area contributed by atoms with Crippen molar-refractivity contribution in [3.63, 3.8) is 0 Å². The third-order valence-corrected chi connectivity index (χ3v) is 8.04. The van der Waals surface area contributed by atoms with Gasteiger partial charge >= 0.3 is 0 Å². The summed E-state index contributed by atoms with van der Waals surface area (Å²) in [5.74, 6) is 0.822. The van der Waals surface area contributed by atoms with Crippen LogP contribution in [0.15, 0.2) is 83.8 Å². The summed E-state index contributed by atoms with van der Waals surface area (Å²) in [6.07, 6.45) is 0. The molecule has 0 spiro atoms. The number of aryl methyl sites for hydroxylation is 1. The fourth-order valence-electron chi connectivity index (χ4n) is 3.99. The van der Waals surface area contributed by atoms with Gasteiger partial charge < -0.3 is 9.64 Å². The van der Waals surface area contributed by atoms with Gasteiger partial charge in [-0.05, 0) is 55.5 Å². The molecule has 0 atom stereocenters. The van der Waals surface area contributed by atoms with Gasteiger partial charge in [-0.15, -0.1) is 0 Å². The van der Waals surface area contributed by atoms with Crippen LogP contribution in [0.5, 0.6) is 5.75 Å². The van der Waals surface area contributed by atoms with Crippen LogP contribution in [0.4, 0.5) is 5.69 Å². The fraction of sp³-hybridized carbons (Fsp3) is 0.296. The monoisotopic (exact) mass is 493 g/mol. The maximum atomic E-state index is 13.0. The number of nitrogens with zero attached hydrogens (tertiary/aromatic N) is 3. The molecule has 1 amide bonds. The zero-order valence-corrected chi connectivity index (χ0v) is 20.9. The molecule has 0 aromatic heterocycles. The Morgan fingerprint density at radius 1 is 0.886 bits per heavy atom. The van der Waals surface area contributed by atoms with E-state index in [9.17, 15) is 13.2 Å². The molecule has 4 rings (SSSR count). The van der Waals surface area contributed by atoms with Gasteiger partial charge in [0.2, 0.25) is 0 Å². The number of para-hydroxylation sites is 1. The summed E-state index contributed by atoms with van der Waals surface area (Å²) >= 11 is 0. The van der Waals surface area contributed by atoms with Gasteiger partial charge in [0.15, 0.2) is 0 Å². The molecule has 1 aliphatic heterocycles. The smallest absolute Gasteiger partial charge is 0.264 e. The van der Waals surface area contributed by atoms with Crippen LogP contribution in [0.3, 0.4) is 0 Å². The highest BCUT2D eigenvalue weighted by atomic mass is 32.2. The van der Waals surface area contributed by atoms with Crippen LogP contribution in [-0.2, 0) is 10.0 Å². The minimum absolute atomic E-state index is 0.0409. The maximum absolute atomic E-state index is 13.0. The number of rotatable bonds is 8. The number of sulfonamides is 1. The summed E-state index contributed by atoms with van der Waals surface area (Å²) in [5, 5.41) is 0. The summed E-state index contributed by atoms with van der Waals surface area (Å²) in [4.78, 5) is 17.4. The Morgan fingerprint density at radius 3 is 2.14 bits per heavy atom. The Bertz CT molecular complexity index is 1220. The van der Waals surface area contributed by atoms with Crippen LogP contribution < -0.4 is 9.04 Å². The van der Waals surface area contributed by atoms with Crippen molar-refractivity contribution in [1.29, 1.82) is 0 Å². The number of piperazine rings is 1. The molecule has 184 valence electrons. The molecule has 1 fully saturated rings. The number of hydrogen-bond donors (Lipinski definition) is 0. The van der Waals surface area contributed by atoms with E-state index in [1.54, 1.807) is 48.5 Å². The zero-order chi connectivity index (χ0) is 24.8. The number of anilines is 1. The number of benzene rings is 3. The molecule has 35 heavy (non-hydrogen) atoms. The fourth-order valence-corrected chi connectivity index (χ4v) is 5.18. The summed E-state index contributed by atoms with van der Waals surface area (Å²) in [6, 6.07) is 23.2. The van der Waals surface area contributed by atoms with E-state index < -0.39 is 10.0 Å². The molecule has 0 saturated carbocycles. The number of amides is 1. The molecular formula is C27H31N3O4S. The molecule has 3 aromatic rings. The minimum Gasteiger partial charge on any atom is -0.492 e. The van der Waals surface area contributed by atoms with Crippen molar-refractivity contribution >= 4 is 21.6 Å². The average molecular weight is 494 g/mol. The van der Waals surface area contributed by atoms with Crippen molar-refractivity contribution in [2.75, 3.05) is 50.7 Å². The summed E-state index contributed by atoms with van der Waals surface area (Å²) in [5.41, 5.74) is 2.05. The topological polar surface area (TPSA) is 70.2 Å². The molecule has 0 bridgehead atoms. The molecule has 0 radical (unpaired) electrons. The van der Waals surface area contributed by atoms with E-state index in [2.05, 4.69) is 4.90 Å². The van der Waals surface area contributed by atoms with Gasteiger partial charge in [0, 0.05) is 45.3 Å². The van der Waals surface area contributed by atoms with Crippen LogP contribution >= 0.6 is 0 Å². The molecule has 1 aliphatic rings. The highest BCUT2D eigenvalue weighted by molar-refractivity contribution is 7.92. The van der Waals surface area contributed by atoms with Crippen molar-refractivity contribution in [3.8, 4) is 5.75 Å². The molecule has 1 saturated heterocycles. The van der Waals surface area contributed by atoms with E-state index in [1.165, 1.54) is 11.4 Å². The predicted molar refractivity (Wildman–Crippen MR) is 137 cm³/mol. The summed E-state index contributed by atoms with van der Waals surface area (Å²) in [6.45, 7) is 6.21. The zero-order valence-electron chi connectivity index (χ0n) is 20.1. The third-order valence-electron chi connectivity index (χ3n) is 6.24. The Balaban J connectivity index is 1.30. The normalized spacial score (nSPS) is 14.5. The van der Waals surface area contributed by atoms with Crippen molar-refractivity contribution in [3.05, 3.63) is 90.0 Å². The van der Waals surface area contributed by atoms with Crippen molar-refractivity contribution in [2.24, 2.45) is 0 Å². The van der Waals surface area contributed by atoms with E-state index in [4.69, 9.17) is 4.74 Å². The van der Waals surface area contributed by atoms with Gasteiger partial charge in [-0.25, -0.2) is 8.42 Å². The second-order valence-electron chi connectivity index (χ2n) is 8.63. The Kier molecular flexibility index (Phi) is 7.73. The number of hydrogen-bond acceptors (Lipinski definition) is 5. The van der Waals surface area contributed by atoms with E-state index in [-0.39, 0.29) is 10.8 Å². The lowest BCUT2D eigenvalue weighted by Gasteiger charge is -2.34. The first-order valence-corrected chi connectivity index (χ1v) is 13.1. The lowest BCUT2D eigenvalue weighted by molar-refractivity contribution is 0.0620. The van der Waals surface area contributed by atoms with Gasteiger partial charge in [0.25, 0.3) is 15.9 Å². The second-order valence-corrected chi connectivity index (χ2v) is 10.6. The van der Waals surface area contributed by atoms with Gasteiger partial charge in [0.05, 0.1) is 10.6 Å². The number of carbonyl (C=O) groups is 1. The van der Waals surface area contributed by atoms with Crippen LogP contribution in [0, 0.1) is 6.92 Å². The highest BCUT2D eigenvalue weighted by Gasteiger charge is 2.24. The van der Waals surface area contributed by atoms with E-state index in [0.29, 0.717) is 30.9 Å². The van der Waals surface area contributed by atoms with Crippen molar-refractivity contribution in [1.82, 2.24) is 9.80 Å². The molecule has 0 unspecified atom stereocenters. The first-order chi connectivity index (χ1) is 16.8. The quantitative estimate of drug-likeness (QED) is 0.479. The van der Waals surface area contributed by atoms with Gasteiger partial charge in [0.1, 0.15) is 12.4 Å². The number of ether oxygens (including phenoxy) is 1. The lowest BCUT2D eigenvalue weighted by Crippen LogP contribution is -2.49.